The molecule has 0 saturated carbocycles. The Morgan fingerprint density at radius 3 is 2.59 bits per heavy atom. The van der Waals surface area contributed by atoms with E-state index in [4.69, 9.17) is 15.9 Å². The molecular formula is C42H50FN11O3S. The number of carbonyl (C=O) groups is 1. The molecule has 4 aliphatic rings. The number of hydrogen-bond donors (Lipinski definition) is 3. The van der Waals surface area contributed by atoms with Crippen molar-refractivity contribution in [3.05, 3.63) is 90.4 Å². The molecule has 58 heavy (non-hydrogen) atoms. The topological polar surface area (TPSA) is 161 Å². The lowest BCUT2D eigenvalue weighted by Gasteiger charge is -2.40. The molecule has 8 rings (SSSR count). The molecule has 3 fully saturated rings. The van der Waals surface area contributed by atoms with E-state index in [1.165, 1.54) is 34.9 Å². The monoisotopic (exact) mass is 807 g/mol. The van der Waals surface area contributed by atoms with Crippen molar-refractivity contribution < 1.29 is 18.1 Å². The average molecular weight is 808 g/mol. The van der Waals surface area contributed by atoms with E-state index in [1.807, 2.05) is 50.1 Å². The number of nitrogens with one attached hydrogen (secondary N) is 2. The minimum Gasteiger partial charge on any atom is -0.485 e. The third-order valence-corrected chi connectivity index (χ3v) is 12.8. The number of amides is 1. The summed E-state index contributed by atoms with van der Waals surface area (Å²) in [6.45, 7) is 11.4. The van der Waals surface area contributed by atoms with Crippen LogP contribution >= 0.6 is 0 Å². The number of hydrogen-bond acceptors (Lipinski definition) is 12. The molecule has 1 amide bonds. The number of benzene rings is 2. The van der Waals surface area contributed by atoms with E-state index in [1.54, 1.807) is 6.07 Å². The number of piperazine rings is 1. The first-order chi connectivity index (χ1) is 28.1. The Morgan fingerprint density at radius 1 is 1.09 bits per heavy atom. The number of carbonyl (C=O) groups excluding carboxylic acids is 1. The lowest BCUT2D eigenvalue weighted by molar-refractivity contribution is -0.128. The lowest BCUT2D eigenvalue weighted by atomic mass is 9.88. The van der Waals surface area contributed by atoms with Gasteiger partial charge < -0.3 is 35.9 Å². The zero-order valence-electron chi connectivity index (χ0n) is 33.1. The highest BCUT2D eigenvalue weighted by atomic mass is 32.2. The van der Waals surface area contributed by atoms with Crippen molar-refractivity contribution in [3.8, 4) is 5.75 Å². The zero-order chi connectivity index (χ0) is 40.5. The molecule has 14 nitrogen and oxygen atoms in total. The van der Waals surface area contributed by atoms with Gasteiger partial charge in [-0.1, -0.05) is 18.2 Å². The van der Waals surface area contributed by atoms with Gasteiger partial charge in [-0.05, 0) is 75.1 Å². The predicted octanol–water partition coefficient (Wildman–Crippen LogP) is 4.90. The number of nitrogens with two attached hydrogens (primary N) is 1. The minimum atomic E-state index is -1.61. The summed E-state index contributed by atoms with van der Waals surface area (Å²) >= 11 is 0. The Hall–Kier alpha value is -5.61. The third kappa shape index (κ3) is 8.07. The summed E-state index contributed by atoms with van der Waals surface area (Å²) in [5.41, 5.74) is 9.12. The van der Waals surface area contributed by atoms with Crippen LogP contribution in [0.2, 0.25) is 0 Å². The van der Waals surface area contributed by atoms with Crippen LogP contribution in [0.4, 0.5) is 21.7 Å². The number of piperidine rings is 1. The third-order valence-electron chi connectivity index (χ3n) is 11.4. The molecule has 4 N–H and O–H groups in total. The fraction of sp³-hybridized carbons (Fsp3) is 0.405. The number of likely N-dealkylation sites (tertiary alicyclic amines) is 2. The molecule has 0 spiro atoms. The van der Waals surface area contributed by atoms with Gasteiger partial charge in [-0.15, -0.1) is 5.10 Å². The van der Waals surface area contributed by atoms with E-state index in [9.17, 15) is 9.00 Å². The SMILES string of the molecule is CC(C)Oc1c(/C(C=N)=C/N)ncn2nc(Nc3ccc(S(=O)c4cccc(N5CCN(CC6CCN(C7=CC8CN(C)C(=O)C8C=C7)CC6)CC5)c4)cc3F)nc12. The second-order valence-corrected chi connectivity index (χ2v) is 17.1. The molecule has 3 aliphatic heterocycles. The molecule has 3 unspecified atom stereocenters. The molecule has 2 aromatic heterocycles. The highest BCUT2D eigenvalue weighted by Gasteiger charge is 2.38. The van der Waals surface area contributed by atoms with Gasteiger partial charge in [0.1, 0.15) is 17.8 Å². The summed E-state index contributed by atoms with van der Waals surface area (Å²) in [5.74, 6) is 0.983. The summed E-state index contributed by atoms with van der Waals surface area (Å²) in [5, 5.41) is 15.0. The standard InChI is InChI=1S/C42H50FN11O3S/c1-27(2)57-39-38(30(22-44)23-45)46-26-54-40(39)48-42(49-54)47-37-10-8-34(21-36(37)43)58(56)33-6-4-5-31(20-33)53-17-15-51(16-18-53)24-28-11-13-52(14-12-28)32-7-9-35-29(19-32)25-50(3)41(35)55/h4-10,19-23,26-29,35,44H,11-18,24-25,45H2,1-3H3,(H,47,49)/b30-23+,44-22?. The van der Waals surface area contributed by atoms with E-state index in [-0.39, 0.29) is 35.5 Å². The summed E-state index contributed by atoms with van der Waals surface area (Å²) in [6.07, 6.45) is 12.4. The van der Waals surface area contributed by atoms with Crippen molar-refractivity contribution in [1.29, 1.82) is 5.41 Å². The second-order valence-electron chi connectivity index (χ2n) is 15.7. The minimum absolute atomic E-state index is 0.00770. The fourth-order valence-electron chi connectivity index (χ4n) is 8.35. The number of ether oxygens (including phenoxy) is 1. The average Bonchev–Trinajstić information content (AvgIpc) is 3.78. The number of anilines is 3. The summed E-state index contributed by atoms with van der Waals surface area (Å²) in [7, 11) is 0.290. The Bertz CT molecular complexity index is 2310. The molecule has 5 heterocycles. The van der Waals surface area contributed by atoms with Gasteiger partial charge in [0.05, 0.1) is 28.5 Å². The van der Waals surface area contributed by atoms with Crippen molar-refractivity contribution in [1.82, 2.24) is 34.3 Å². The van der Waals surface area contributed by atoms with Crippen LogP contribution in [-0.4, -0.2) is 116 Å². The number of nitrogens with zero attached hydrogens (tertiary/aromatic N) is 8. The van der Waals surface area contributed by atoms with Crippen LogP contribution in [0.5, 0.6) is 5.75 Å². The van der Waals surface area contributed by atoms with E-state index in [0.717, 1.165) is 77.1 Å². The van der Waals surface area contributed by atoms with Gasteiger partial charge in [-0.2, -0.15) is 9.50 Å². The summed E-state index contributed by atoms with van der Waals surface area (Å²) in [6, 6.07) is 12.2. The Balaban J connectivity index is 0.854. The Kier molecular flexibility index (Phi) is 11.3. The van der Waals surface area contributed by atoms with E-state index >= 15 is 4.39 Å². The van der Waals surface area contributed by atoms with Gasteiger partial charge >= 0.3 is 0 Å². The van der Waals surface area contributed by atoms with Gasteiger partial charge in [0.15, 0.2) is 5.75 Å². The maximum Gasteiger partial charge on any atom is 0.247 e. The van der Waals surface area contributed by atoms with Crippen molar-refractivity contribution in [3.63, 3.8) is 0 Å². The van der Waals surface area contributed by atoms with Gasteiger partial charge in [0, 0.05) is 104 Å². The number of halogens is 1. The smallest absolute Gasteiger partial charge is 0.247 e. The van der Waals surface area contributed by atoms with Crippen LogP contribution in [0, 0.1) is 29.0 Å². The molecule has 2 aromatic carbocycles. The number of fused-ring (bicyclic) bond motifs is 2. The fourth-order valence-corrected chi connectivity index (χ4v) is 9.46. The number of rotatable bonds is 12. The molecule has 304 valence electrons. The van der Waals surface area contributed by atoms with E-state index in [0.29, 0.717) is 38.4 Å². The van der Waals surface area contributed by atoms with E-state index < -0.39 is 16.6 Å². The molecule has 16 heteroatoms. The van der Waals surface area contributed by atoms with Crippen LogP contribution in [0.3, 0.4) is 0 Å². The van der Waals surface area contributed by atoms with Crippen LogP contribution in [0.15, 0.2) is 88.7 Å². The first-order valence-electron chi connectivity index (χ1n) is 19.9. The van der Waals surface area contributed by atoms with Gasteiger partial charge in [-0.25, -0.2) is 13.6 Å². The maximum absolute atomic E-state index is 15.6. The maximum atomic E-state index is 15.6. The van der Waals surface area contributed by atoms with Crippen molar-refractivity contribution in [2.24, 2.45) is 23.5 Å². The van der Waals surface area contributed by atoms with Crippen LogP contribution in [0.1, 0.15) is 32.4 Å². The molecule has 0 radical (unpaired) electrons. The first-order valence-corrected chi connectivity index (χ1v) is 21.0. The molecule has 1 aliphatic carbocycles. The molecule has 3 atom stereocenters. The van der Waals surface area contributed by atoms with Crippen molar-refractivity contribution in [2.45, 2.75) is 42.6 Å². The highest BCUT2D eigenvalue weighted by molar-refractivity contribution is 7.85. The molecule has 0 bridgehead atoms. The Morgan fingerprint density at radius 2 is 1.86 bits per heavy atom. The second kappa shape index (κ2) is 16.7. The molecule has 4 aromatic rings. The largest absolute Gasteiger partial charge is 0.485 e. The van der Waals surface area contributed by atoms with E-state index in [2.05, 4.69) is 53.3 Å². The van der Waals surface area contributed by atoms with Crippen LogP contribution < -0.4 is 20.7 Å². The number of aromatic nitrogens is 4. The van der Waals surface area contributed by atoms with Crippen LogP contribution in [0.25, 0.3) is 11.2 Å². The summed E-state index contributed by atoms with van der Waals surface area (Å²) < 4.78 is 36.7. The first kappa shape index (κ1) is 39.2. The normalized spacial score (nSPS) is 21.1. The van der Waals surface area contributed by atoms with Crippen LogP contribution in [-0.2, 0) is 15.6 Å². The zero-order valence-corrected chi connectivity index (χ0v) is 33.9. The van der Waals surface area contributed by atoms with Crippen molar-refractivity contribution in [2.75, 3.05) is 69.6 Å². The van der Waals surface area contributed by atoms with Gasteiger partial charge in [0.25, 0.3) is 0 Å². The van der Waals surface area contributed by atoms with Crippen molar-refractivity contribution >= 4 is 51.5 Å². The van der Waals surface area contributed by atoms with Gasteiger partial charge in [0.2, 0.25) is 17.5 Å². The highest BCUT2D eigenvalue weighted by Crippen LogP contribution is 2.34. The lowest BCUT2D eigenvalue weighted by Crippen LogP contribution is -2.48. The quantitative estimate of drug-likeness (QED) is 0.167. The van der Waals surface area contributed by atoms with Gasteiger partial charge in [-0.3, -0.25) is 9.69 Å². The Labute approximate surface area is 340 Å². The predicted molar refractivity (Wildman–Crippen MR) is 223 cm³/mol. The molecule has 3 saturated heterocycles. The number of allylic oxidation sites excluding steroid dienone is 2. The molecular weight excluding hydrogens is 758 g/mol. The summed E-state index contributed by atoms with van der Waals surface area (Å²) in [4.78, 5) is 31.5.